The summed E-state index contributed by atoms with van der Waals surface area (Å²) in [6.45, 7) is 2.20. The Morgan fingerprint density at radius 1 is 1.34 bits per heavy atom. The highest BCUT2D eigenvalue weighted by Crippen LogP contribution is 2.39. The molecule has 0 aliphatic carbocycles. The van der Waals surface area contributed by atoms with Gasteiger partial charge >= 0.3 is 5.97 Å². The lowest BCUT2D eigenvalue weighted by molar-refractivity contribution is -0.121. The second-order valence-electron chi connectivity index (χ2n) is 6.00. The van der Waals surface area contributed by atoms with Gasteiger partial charge in [0.05, 0.1) is 22.8 Å². The van der Waals surface area contributed by atoms with E-state index in [0.29, 0.717) is 38.2 Å². The van der Waals surface area contributed by atoms with E-state index in [1.54, 1.807) is 37.4 Å². The molecule has 1 aliphatic heterocycles. The Morgan fingerprint density at radius 3 is 2.79 bits per heavy atom. The molecule has 9 heteroatoms. The number of amidine groups is 1. The molecule has 0 bridgehead atoms. The van der Waals surface area contributed by atoms with Crippen LogP contribution in [0.25, 0.3) is 6.08 Å². The van der Waals surface area contributed by atoms with Crippen LogP contribution in [0.3, 0.4) is 0 Å². The first-order valence-electron chi connectivity index (χ1n) is 8.55. The van der Waals surface area contributed by atoms with Crippen molar-refractivity contribution >= 4 is 56.5 Å². The summed E-state index contributed by atoms with van der Waals surface area (Å²) in [6, 6.07) is 9.50. The van der Waals surface area contributed by atoms with Crippen LogP contribution in [0.4, 0.5) is 5.69 Å². The number of thioether (sulfide) groups is 1. The molecule has 7 nitrogen and oxygen atoms in total. The van der Waals surface area contributed by atoms with Gasteiger partial charge < -0.3 is 14.9 Å². The summed E-state index contributed by atoms with van der Waals surface area (Å²) < 4.78 is 6.12. The molecule has 3 rings (SSSR count). The number of carbonyl (C=O) groups is 2. The number of rotatable bonds is 5. The number of amides is 1. The number of phenols is 1. The summed E-state index contributed by atoms with van der Waals surface area (Å²) in [5.41, 5.74) is 0.973. The molecule has 0 atom stereocenters. The average molecular weight is 477 g/mol. The van der Waals surface area contributed by atoms with Crippen LogP contribution in [0.15, 0.2) is 50.8 Å². The van der Waals surface area contributed by atoms with Crippen molar-refractivity contribution in [2.24, 2.45) is 4.99 Å². The number of nitrogens with zero attached hydrogens (tertiary/aromatic N) is 2. The minimum absolute atomic E-state index is 0.0573. The van der Waals surface area contributed by atoms with Gasteiger partial charge in [0.2, 0.25) is 0 Å². The molecule has 0 unspecified atom stereocenters. The van der Waals surface area contributed by atoms with Crippen LogP contribution in [0, 0.1) is 0 Å². The summed E-state index contributed by atoms with van der Waals surface area (Å²) in [7, 11) is 1.59. The molecule has 2 aromatic carbocycles. The van der Waals surface area contributed by atoms with E-state index in [0.717, 1.165) is 11.8 Å². The topological polar surface area (TPSA) is 99.4 Å². The Labute approximate surface area is 179 Å². The number of halogens is 1. The van der Waals surface area contributed by atoms with Crippen LogP contribution in [-0.4, -0.2) is 45.8 Å². The minimum atomic E-state index is -1.05. The number of carboxylic acid groups (broad SMARTS) is 1. The van der Waals surface area contributed by atoms with Crippen molar-refractivity contribution in [2.45, 2.75) is 6.92 Å². The Bertz CT molecular complexity index is 1050. The predicted molar refractivity (Wildman–Crippen MR) is 116 cm³/mol. The van der Waals surface area contributed by atoms with Crippen LogP contribution in [0.5, 0.6) is 11.5 Å². The summed E-state index contributed by atoms with van der Waals surface area (Å²) in [5, 5.41) is 20.0. The third-order valence-electron chi connectivity index (χ3n) is 3.98. The van der Waals surface area contributed by atoms with Gasteiger partial charge in [-0.25, -0.2) is 9.79 Å². The standard InChI is InChI=1S/C20H17BrN2O5S/c1-3-28-15-10-13(21)7-12(17(15)24)9-16-18(25)23(2)20(29-16)22-14-6-4-5-11(8-14)19(26)27/h4-10,24H,3H2,1-2H3,(H,26,27)/b16-9-,22-20?. The highest BCUT2D eigenvalue weighted by atomic mass is 79.9. The van der Waals surface area contributed by atoms with Crippen LogP contribution in [-0.2, 0) is 4.79 Å². The molecular formula is C20H17BrN2O5S. The summed E-state index contributed by atoms with van der Waals surface area (Å²) in [6.07, 6.45) is 1.57. The molecule has 0 aromatic heterocycles. The molecule has 2 N–H and O–H groups in total. The van der Waals surface area contributed by atoms with Crippen LogP contribution in [0.1, 0.15) is 22.8 Å². The summed E-state index contributed by atoms with van der Waals surface area (Å²) >= 11 is 4.51. The van der Waals surface area contributed by atoms with Crippen LogP contribution < -0.4 is 4.74 Å². The zero-order valence-corrected chi connectivity index (χ0v) is 18.0. The van der Waals surface area contributed by atoms with Gasteiger partial charge in [0.25, 0.3) is 5.91 Å². The number of aromatic hydroxyl groups is 1. The highest BCUT2D eigenvalue weighted by molar-refractivity contribution is 9.10. The first-order chi connectivity index (χ1) is 13.8. The van der Waals surface area contributed by atoms with E-state index < -0.39 is 5.97 Å². The fourth-order valence-corrected chi connectivity index (χ4v) is 4.01. The van der Waals surface area contributed by atoms with Gasteiger partial charge in [-0.2, -0.15) is 0 Å². The number of aromatic carboxylic acids is 1. The van der Waals surface area contributed by atoms with E-state index in [-0.39, 0.29) is 17.2 Å². The van der Waals surface area contributed by atoms with Crippen LogP contribution in [0.2, 0.25) is 0 Å². The molecule has 1 saturated heterocycles. The van der Waals surface area contributed by atoms with Crippen molar-refractivity contribution in [3.8, 4) is 11.5 Å². The number of hydrogen-bond donors (Lipinski definition) is 2. The SMILES string of the molecule is CCOc1cc(Br)cc(/C=C2\SC(=Nc3cccc(C(=O)O)c3)N(C)C2=O)c1O. The average Bonchev–Trinajstić information content (AvgIpc) is 2.93. The van der Waals surface area contributed by atoms with Crippen molar-refractivity contribution in [3.63, 3.8) is 0 Å². The molecule has 1 heterocycles. The van der Waals surface area contributed by atoms with Crippen molar-refractivity contribution in [1.29, 1.82) is 0 Å². The highest BCUT2D eigenvalue weighted by Gasteiger charge is 2.31. The maximum Gasteiger partial charge on any atom is 0.335 e. The maximum absolute atomic E-state index is 12.6. The summed E-state index contributed by atoms with van der Waals surface area (Å²) in [5.74, 6) is -1.07. The van der Waals surface area contributed by atoms with E-state index in [1.807, 2.05) is 6.92 Å². The number of carboxylic acids is 1. The number of carbonyl (C=O) groups excluding carboxylic acids is 1. The molecule has 150 valence electrons. The van der Waals surface area contributed by atoms with Crippen molar-refractivity contribution < 1.29 is 24.5 Å². The number of phenolic OH excluding ortho intramolecular Hbond substituents is 1. The van der Waals surface area contributed by atoms with Gasteiger partial charge in [-0.05, 0) is 55.1 Å². The molecular weight excluding hydrogens is 460 g/mol. The Morgan fingerprint density at radius 2 is 2.10 bits per heavy atom. The van der Waals surface area contributed by atoms with E-state index in [1.165, 1.54) is 17.0 Å². The fourth-order valence-electron chi connectivity index (χ4n) is 2.58. The van der Waals surface area contributed by atoms with Gasteiger partial charge in [0, 0.05) is 17.1 Å². The number of likely N-dealkylation sites (N-methyl/N-ethyl adjacent to an activating group) is 1. The molecule has 1 fully saturated rings. The van der Waals surface area contributed by atoms with Crippen LogP contribution >= 0.6 is 27.7 Å². The molecule has 0 radical (unpaired) electrons. The number of benzene rings is 2. The van der Waals surface area contributed by atoms with Gasteiger partial charge in [0.15, 0.2) is 16.7 Å². The van der Waals surface area contributed by atoms with E-state index in [4.69, 9.17) is 9.84 Å². The number of aliphatic imine (C=N–C) groups is 1. The first kappa shape index (κ1) is 20.9. The normalized spacial score (nSPS) is 16.7. The van der Waals surface area contributed by atoms with E-state index in [2.05, 4.69) is 20.9 Å². The van der Waals surface area contributed by atoms with Crippen molar-refractivity contribution in [3.05, 3.63) is 56.9 Å². The monoisotopic (exact) mass is 476 g/mol. The quantitative estimate of drug-likeness (QED) is 0.616. The lowest BCUT2D eigenvalue weighted by atomic mass is 10.1. The lowest BCUT2D eigenvalue weighted by Crippen LogP contribution is -2.23. The molecule has 1 amide bonds. The van der Waals surface area contributed by atoms with E-state index in [9.17, 15) is 14.7 Å². The lowest BCUT2D eigenvalue weighted by Gasteiger charge is -2.09. The first-order valence-corrected chi connectivity index (χ1v) is 10.2. The predicted octanol–water partition coefficient (Wildman–Crippen LogP) is 4.49. The van der Waals surface area contributed by atoms with Gasteiger partial charge in [-0.3, -0.25) is 9.69 Å². The maximum atomic E-state index is 12.6. The molecule has 1 aliphatic rings. The zero-order chi connectivity index (χ0) is 21.1. The minimum Gasteiger partial charge on any atom is -0.504 e. The zero-order valence-electron chi connectivity index (χ0n) is 15.5. The Kier molecular flexibility index (Phi) is 6.29. The Hall–Kier alpha value is -2.78. The van der Waals surface area contributed by atoms with Crippen molar-refractivity contribution in [1.82, 2.24) is 4.90 Å². The van der Waals surface area contributed by atoms with Gasteiger partial charge in [0.1, 0.15) is 0 Å². The van der Waals surface area contributed by atoms with E-state index >= 15 is 0 Å². The van der Waals surface area contributed by atoms with Crippen molar-refractivity contribution in [2.75, 3.05) is 13.7 Å². The number of ether oxygens (including phenoxy) is 1. The fraction of sp³-hybridized carbons (Fsp3) is 0.150. The Balaban J connectivity index is 1.95. The molecule has 0 saturated carbocycles. The second kappa shape index (κ2) is 8.71. The van der Waals surface area contributed by atoms with Gasteiger partial charge in [-0.15, -0.1) is 0 Å². The number of hydrogen-bond acceptors (Lipinski definition) is 6. The third-order valence-corrected chi connectivity index (χ3v) is 5.50. The third kappa shape index (κ3) is 4.63. The smallest absolute Gasteiger partial charge is 0.335 e. The summed E-state index contributed by atoms with van der Waals surface area (Å²) in [4.78, 5) is 29.9. The second-order valence-corrected chi connectivity index (χ2v) is 7.92. The molecule has 29 heavy (non-hydrogen) atoms. The largest absolute Gasteiger partial charge is 0.504 e. The molecule has 2 aromatic rings. The van der Waals surface area contributed by atoms with Gasteiger partial charge in [-0.1, -0.05) is 22.0 Å². The molecule has 0 spiro atoms.